The van der Waals surface area contributed by atoms with Crippen molar-refractivity contribution in [2.45, 2.75) is 6.42 Å². The monoisotopic (exact) mass is 216 g/mol. The van der Waals surface area contributed by atoms with E-state index in [1.807, 2.05) is 12.1 Å². The standard InChI is InChI=1S/C12H8O2S/c13-12(14)10-6-8-5-7-3-1-2-4-9(7)11(8)15-10/h1-4,6H,5H2,(H,13,14). The van der Waals surface area contributed by atoms with Gasteiger partial charge in [0.05, 0.1) is 0 Å². The third-order valence-corrected chi connectivity index (χ3v) is 3.86. The molecule has 0 aliphatic heterocycles. The molecule has 0 unspecified atom stereocenters. The number of fused-ring (bicyclic) bond motifs is 3. The molecule has 0 amide bonds. The number of aromatic carboxylic acids is 1. The molecule has 2 nitrogen and oxygen atoms in total. The third kappa shape index (κ3) is 1.20. The van der Waals surface area contributed by atoms with Crippen molar-refractivity contribution in [1.29, 1.82) is 0 Å². The van der Waals surface area contributed by atoms with Crippen LogP contribution in [-0.4, -0.2) is 11.1 Å². The van der Waals surface area contributed by atoms with E-state index in [0.717, 1.165) is 16.9 Å². The highest BCUT2D eigenvalue weighted by Gasteiger charge is 2.22. The first kappa shape index (κ1) is 8.68. The minimum absolute atomic E-state index is 0.439. The minimum Gasteiger partial charge on any atom is -0.477 e. The lowest BCUT2D eigenvalue weighted by Gasteiger charge is -1.96. The van der Waals surface area contributed by atoms with Crippen LogP contribution in [-0.2, 0) is 6.42 Å². The smallest absolute Gasteiger partial charge is 0.345 e. The molecule has 0 radical (unpaired) electrons. The van der Waals surface area contributed by atoms with Crippen molar-refractivity contribution in [3.63, 3.8) is 0 Å². The van der Waals surface area contributed by atoms with Crippen molar-refractivity contribution >= 4 is 17.3 Å². The molecule has 1 heterocycles. The van der Waals surface area contributed by atoms with Gasteiger partial charge in [-0.3, -0.25) is 0 Å². The van der Waals surface area contributed by atoms with Gasteiger partial charge in [0.15, 0.2) is 0 Å². The average Bonchev–Trinajstić information content (AvgIpc) is 2.73. The predicted octanol–water partition coefficient (Wildman–Crippen LogP) is 3.02. The van der Waals surface area contributed by atoms with Gasteiger partial charge >= 0.3 is 5.97 Å². The molecular formula is C12H8O2S. The van der Waals surface area contributed by atoms with Gasteiger partial charge in [-0.15, -0.1) is 11.3 Å². The number of carboxylic acids is 1. The van der Waals surface area contributed by atoms with E-state index in [9.17, 15) is 4.79 Å². The zero-order valence-corrected chi connectivity index (χ0v) is 8.67. The summed E-state index contributed by atoms with van der Waals surface area (Å²) in [7, 11) is 0. The Morgan fingerprint density at radius 3 is 2.87 bits per heavy atom. The Kier molecular flexibility index (Phi) is 1.70. The first-order valence-corrected chi connectivity index (χ1v) is 5.51. The van der Waals surface area contributed by atoms with E-state index >= 15 is 0 Å². The van der Waals surface area contributed by atoms with Gasteiger partial charge in [0.25, 0.3) is 0 Å². The molecule has 15 heavy (non-hydrogen) atoms. The second-order valence-electron chi connectivity index (χ2n) is 3.60. The molecule has 0 atom stereocenters. The van der Waals surface area contributed by atoms with E-state index in [4.69, 9.17) is 5.11 Å². The highest BCUT2D eigenvalue weighted by atomic mass is 32.1. The van der Waals surface area contributed by atoms with Crippen molar-refractivity contribution in [2.75, 3.05) is 0 Å². The SMILES string of the molecule is O=C(O)c1cc2c(s1)-c1ccccc1C2. The van der Waals surface area contributed by atoms with E-state index < -0.39 is 5.97 Å². The summed E-state index contributed by atoms with van der Waals surface area (Å²) in [6.07, 6.45) is 0.870. The average molecular weight is 216 g/mol. The fraction of sp³-hybridized carbons (Fsp3) is 0.0833. The molecule has 0 bridgehead atoms. The highest BCUT2D eigenvalue weighted by Crippen LogP contribution is 2.41. The van der Waals surface area contributed by atoms with Gasteiger partial charge in [0.1, 0.15) is 4.88 Å². The Hall–Kier alpha value is -1.61. The first-order valence-electron chi connectivity index (χ1n) is 4.70. The first-order chi connectivity index (χ1) is 7.25. The van der Waals surface area contributed by atoms with Crippen LogP contribution in [0.25, 0.3) is 10.4 Å². The fourth-order valence-electron chi connectivity index (χ4n) is 1.99. The summed E-state index contributed by atoms with van der Waals surface area (Å²) >= 11 is 1.37. The quantitative estimate of drug-likeness (QED) is 0.679. The number of thiophene rings is 1. The van der Waals surface area contributed by atoms with E-state index in [1.54, 1.807) is 6.07 Å². The van der Waals surface area contributed by atoms with Gasteiger partial charge in [-0.05, 0) is 29.2 Å². The lowest BCUT2D eigenvalue weighted by molar-refractivity contribution is 0.0702. The molecule has 3 heteroatoms. The molecule has 1 aromatic heterocycles. The van der Waals surface area contributed by atoms with Crippen LogP contribution in [0.1, 0.15) is 20.8 Å². The molecule has 2 aromatic rings. The van der Waals surface area contributed by atoms with Gasteiger partial charge in [-0.2, -0.15) is 0 Å². The van der Waals surface area contributed by atoms with Crippen LogP contribution < -0.4 is 0 Å². The van der Waals surface area contributed by atoms with E-state index in [0.29, 0.717) is 4.88 Å². The lowest BCUT2D eigenvalue weighted by Crippen LogP contribution is -1.91. The van der Waals surface area contributed by atoms with Crippen molar-refractivity contribution in [3.05, 3.63) is 46.3 Å². The van der Waals surface area contributed by atoms with Crippen molar-refractivity contribution in [2.24, 2.45) is 0 Å². The summed E-state index contributed by atoms with van der Waals surface area (Å²) in [6, 6.07) is 9.97. The Labute approximate surface area is 90.8 Å². The van der Waals surface area contributed by atoms with Crippen molar-refractivity contribution < 1.29 is 9.90 Å². The van der Waals surface area contributed by atoms with Gasteiger partial charge < -0.3 is 5.11 Å². The largest absolute Gasteiger partial charge is 0.477 e. The molecule has 0 saturated heterocycles. The van der Waals surface area contributed by atoms with E-state index in [1.165, 1.54) is 22.5 Å². The lowest BCUT2D eigenvalue weighted by atomic mass is 10.1. The van der Waals surface area contributed by atoms with Crippen LogP contribution in [0.3, 0.4) is 0 Å². The van der Waals surface area contributed by atoms with Crippen LogP contribution in [0.4, 0.5) is 0 Å². The van der Waals surface area contributed by atoms with E-state index in [2.05, 4.69) is 12.1 Å². The van der Waals surface area contributed by atoms with Crippen LogP contribution in [0.2, 0.25) is 0 Å². The van der Waals surface area contributed by atoms with Gasteiger partial charge in [0, 0.05) is 4.88 Å². The Morgan fingerprint density at radius 1 is 1.27 bits per heavy atom. The second kappa shape index (κ2) is 2.94. The summed E-state index contributed by atoms with van der Waals surface area (Å²) in [5, 5.41) is 8.90. The maximum absolute atomic E-state index is 10.8. The molecule has 1 aliphatic carbocycles. The van der Waals surface area contributed by atoms with Gasteiger partial charge in [0.2, 0.25) is 0 Å². The number of hydrogen-bond acceptors (Lipinski definition) is 2. The van der Waals surface area contributed by atoms with Crippen LogP contribution in [0, 0.1) is 0 Å². The topological polar surface area (TPSA) is 37.3 Å². The van der Waals surface area contributed by atoms with Gasteiger partial charge in [-0.25, -0.2) is 4.79 Å². The summed E-state index contributed by atoms with van der Waals surface area (Å²) < 4.78 is 0. The molecule has 0 fully saturated rings. The Balaban J connectivity index is 2.19. The predicted molar refractivity (Wildman–Crippen MR) is 59.5 cm³/mol. The number of carbonyl (C=O) groups is 1. The molecule has 0 spiro atoms. The maximum Gasteiger partial charge on any atom is 0.345 e. The molecular weight excluding hydrogens is 208 g/mol. The number of hydrogen-bond donors (Lipinski definition) is 1. The fourth-order valence-corrected chi connectivity index (χ4v) is 3.07. The number of carboxylic acid groups (broad SMARTS) is 1. The molecule has 1 aliphatic rings. The molecule has 74 valence electrons. The zero-order valence-electron chi connectivity index (χ0n) is 7.86. The number of rotatable bonds is 1. The molecule has 0 saturated carbocycles. The summed E-state index contributed by atoms with van der Waals surface area (Å²) in [5.41, 5.74) is 3.65. The Morgan fingerprint density at radius 2 is 2.07 bits per heavy atom. The summed E-state index contributed by atoms with van der Waals surface area (Å²) in [5.74, 6) is -0.827. The van der Waals surface area contributed by atoms with Crippen LogP contribution in [0.15, 0.2) is 30.3 Å². The van der Waals surface area contributed by atoms with Crippen molar-refractivity contribution in [3.8, 4) is 10.4 Å². The molecule has 3 rings (SSSR count). The van der Waals surface area contributed by atoms with Gasteiger partial charge in [-0.1, -0.05) is 24.3 Å². The minimum atomic E-state index is -0.827. The summed E-state index contributed by atoms with van der Waals surface area (Å²) in [6.45, 7) is 0. The number of benzene rings is 1. The van der Waals surface area contributed by atoms with Crippen LogP contribution in [0.5, 0.6) is 0 Å². The second-order valence-corrected chi connectivity index (χ2v) is 4.66. The maximum atomic E-state index is 10.8. The normalized spacial score (nSPS) is 12.3. The Bertz CT molecular complexity index is 554. The third-order valence-electron chi connectivity index (χ3n) is 2.66. The summed E-state index contributed by atoms with van der Waals surface area (Å²) in [4.78, 5) is 12.4. The van der Waals surface area contributed by atoms with Crippen molar-refractivity contribution in [1.82, 2.24) is 0 Å². The van der Waals surface area contributed by atoms with E-state index in [-0.39, 0.29) is 0 Å². The molecule has 1 N–H and O–H groups in total. The zero-order chi connectivity index (χ0) is 10.4. The molecule has 1 aromatic carbocycles. The highest BCUT2D eigenvalue weighted by molar-refractivity contribution is 7.17. The van der Waals surface area contributed by atoms with Crippen LogP contribution >= 0.6 is 11.3 Å².